The Balaban J connectivity index is 2.15. The molecular formula is C11H12N2O6S. The summed E-state index contributed by atoms with van der Waals surface area (Å²) >= 11 is 0.785. The number of nitrogens with zero attached hydrogens (tertiary/aromatic N) is 2. The van der Waals surface area contributed by atoms with Crippen LogP contribution in [0.1, 0.15) is 16.1 Å². The minimum Gasteiger partial charge on any atom is -0.481 e. The van der Waals surface area contributed by atoms with Crippen molar-refractivity contribution in [3.8, 4) is 0 Å². The van der Waals surface area contributed by atoms with Crippen molar-refractivity contribution in [2.75, 3.05) is 19.8 Å². The van der Waals surface area contributed by atoms with Gasteiger partial charge < -0.3 is 14.7 Å². The quantitative estimate of drug-likeness (QED) is 0.655. The van der Waals surface area contributed by atoms with Gasteiger partial charge >= 0.3 is 11.0 Å². The molecule has 108 valence electrons. The van der Waals surface area contributed by atoms with Crippen LogP contribution >= 0.6 is 11.3 Å². The van der Waals surface area contributed by atoms with Crippen molar-refractivity contribution in [3.05, 3.63) is 27.1 Å². The van der Waals surface area contributed by atoms with E-state index in [1.165, 1.54) is 17.0 Å². The van der Waals surface area contributed by atoms with Gasteiger partial charge in [0.1, 0.15) is 0 Å². The zero-order valence-corrected chi connectivity index (χ0v) is 11.2. The van der Waals surface area contributed by atoms with Crippen molar-refractivity contribution in [1.82, 2.24) is 4.90 Å². The summed E-state index contributed by atoms with van der Waals surface area (Å²) in [4.78, 5) is 34.8. The molecule has 1 aromatic rings. The van der Waals surface area contributed by atoms with Crippen LogP contribution in [0.3, 0.4) is 0 Å². The first kappa shape index (κ1) is 14.4. The Morgan fingerprint density at radius 2 is 2.30 bits per heavy atom. The number of hydrogen-bond acceptors (Lipinski definition) is 6. The SMILES string of the molecule is O=C(O)CC1COCCN1C(=O)c1ccc([N+](=O)[O-])s1. The molecule has 0 saturated carbocycles. The number of rotatable bonds is 4. The van der Waals surface area contributed by atoms with E-state index < -0.39 is 22.8 Å². The van der Waals surface area contributed by atoms with Crippen LogP contribution in [-0.4, -0.2) is 52.6 Å². The number of hydrogen-bond donors (Lipinski definition) is 1. The maximum absolute atomic E-state index is 12.3. The molecule has 0 bridgehead atoms. The van der Waals surface area contributed by atoms with Gasteiger partial charge in [0.15, 0.2) is 0 Å². The molecule has 2 rings (SSSR count). The Morgan fingerprint density at radius 1 is 1.55 bits per heavy atom. The second-order valence-electron chi connectivity index (χ2n) is 4.22. The second-order valence-corrected chi connectivity index (χ2v) is 5.28. The van der Waals surface area contributed by atoms with Crippen molar-refractivity contribution >= 4 is 28.2 Å². The zero-order valence-electron chi connectivity index (χ0n) is 10.4. The standard InChI is InChI=1S/C11H12N2O6S/c14-10(15)5-7-6-19-4-3-12(7)11(16)8-1-2-9(20-8)13(17)18/h1-2,7H,3-6H2,(H,14,15). The molecule has 8 nitrogen and oxygen atoms in total. The van der Waals surface area contributed by atoms with Crippen LogP contribution in [0.15, 0.2) is 12.1 Å². The Kier molecular flexibility index (Phi) is 4.30. The number of carboxylic acids is 1. The number of nitro groups is 1. The lowest BCUT2D eigenvalue weighted by Gasteiger charge is -2.34. The zero-order chi connectivity index (χ0) is 14.7. The second kappa shape index (κ2) is 5.97. The van der Waals surface area contributed by atoms with Gasteiger partial charge in [-0.2, -0.15) is 0 Å². The highest BCUT2D eigenvalue weighted by Crippen LogP contribution is 2.26. The predicted molar refractivity (Wildman–Crippen MR) is 68.9 cm³/mol. The first-order valence-corrected chi connectivity index (χ1v) is 6.65. The Labute approximate surface area is 117 Å². The molecule has 9 heteroatoms. The Bertz CT molecular complexity index is 543. The Morgan fingerprint density at radius 3 is 2.90 bits per heavy atom. The molecule has 1 fully saturated rings. The van der Waals surface area contributed by atoms with Gasteiger partial charge in [-0.3, -0.25) is 19.7 Å². The van der Waals surface area contributed by atoms with Gasteiger partial charge in [-0.05, 0) is 6.07 Å². The molecule has 20 heavy (non-hydrogen) atoms. The van der Waals surface area contributed by atoms with Crippen LogP contribution in [-0.2, 0) is 9.53 Å². The fourth-order valence-corrected chi connectivity index (χ4v) is 2.75. The molecule has 1 unspecified atom stereocenters. The van der Waals surface area contributed by atoms with Gasteiger partial charge in [0.25, 0.3) is 5.91 Å². The highest BCUT2D eigenvalue weighted by Gasteiger charge is 2.31. The summed E-state index contributed by atoms with van der Waals surface area (Å²) in [5, 5.41) is 19.3. The van der Waals surface area contributed by atoms with Crippen LogP contribution in [0.4, 0.5) is 5.00 Å². The third kappa shape index (κ3) is 3.11. The molecule has 1 aromatic heterocycles. The maximum atomic E-state index is 12.3. The number of carbonyl (C=O) groups is 2. The minimum absolute atomic E-state index is 0.114. The topological polar surface area (TPSA) is 110 Å². The summed E-state index contributed by atoms with van der Waals surface area (Å²) < 4.78 is 5.18. The fraction of sp³-hybridized carbons (Fsp3) is 0.455. The number of carbonyl (C=O) groups excluding carboxylic acids is 1. The van der Waals surface area contributed by atoms with Crippen molar-refractivity contribution in [1.29, 1.82) is 0 Å². The highest BCUT2D eigenvalue weighted by atomic mass is 32.1. The van der Waals surface area contributed by atoms with E-state index in [2.05, 4.69) is 0 Å². The lowest BCUT2D eigenvalue weighted by Crippen LogP contribution is -2.49. The number of carboxylic acid groups (broad SMARTS) is 1. The van der Waals surface area contributed by atoms with Gasteiger partial charge in [-0.1, -0.05) is 11.3 Å². The Hall–Kier alpha value is -2.00. The summed E-state index contributed by atoms with van der Waals surface area (Å²) in [5.74, 6) is -1.41. The van der Waals surface area contributed by atoms with Crippen LogP contribution in [0.2, 0.25) is 0 Å². The van der Waals surface area contributed by atoms with Crippen molar-refractivity contribution in [3.63, 3.8) is 0 Å². The van der Waals surface area contributed by atoms with Crippen LogP contribution in [0.25, 0.3) is 0 Å². The first-order chi connectivity index (χ1) is 9.49. The summed E-state index contributed by atoms with van der Waals surface area (Å²) in [7, 11) is 0. The monoisotopic (exact) mass is 300 g/mol. The van der Waals surface area contributed by atoms with Gasteiger partial charge in [-0.25, -0.2) is 0 Å². The van der Waals surface area contributed by atoms with Crippen molar-refractivity contribution < 1.29 is 24.4 Å². The summed E-state index contributed by atoms with van der Waals surface area (Å²) in [6.45, 7) is 0.767. The van der Waals surface area contributed by atoms with E-state index in [0.29, 0.717) is 6.61 Å². The van der Waals surface area contributed by atoms with E-state index in [-0.39, 0.29) is 29.5 Å². The summed E-state index contributed by atoms with van der Waals surface area (Å²) in [6.07, 6.45) is -0.209. The molecule has 0 aromatic carbocycles. The van der Waals surface area contributed by atoms with E-state index in [9.17, 15) is 19.7 Å². The number of thiophene rings is 1. The number of ether oxygens (including phenoxy) is 1. The first-order valence-electron chi connectivity index (χ1n) is 5.83. The largest absolute Gasteiger partial charge is 0.481 e. The molecule has 0 radical (unpaired) electrons. The number of aliphatic carboxylic acids is 1. The fourth-order valence-electron chi connectivity index (χ4n) is 1.98. The summed E-state index contributed by atoms with van der Waals surface area (Å²) in [5.41, 5.74) is 0. The average Bonchev–Trinajstić information content (AvgIpc) is 2.87. The van der Waals surface area contributed by atoms with E-state index in [0.717, 1.165) is 11.3 Å². The van der Waals surface area contributed by atoms with E-state index >= 15 is 0 Å². The molecule has 1 aliphatic heterocycles. The summed E-state index contributed by atoms with van der Waals surface area (Å²) in [6, 6.07) is 2.11. The molecule has 1 aliphatic rings. The molecule has 1 atom stereocenters. The third-order valence-electron chi connectivity index (χ3n) is 2.88. The highest BCUT2D eigenvalue weighted by molar-refractivity contribution is 7.17. The third-order valence-corrected chi connectivity index (χ3v) is 3.91. The van der Waals surface area contributed by atoms with Gasteiger partial charge in [0.2, 0.25) is 0 Å². The lowest BCUT2D eigenvalue weighted by molar-refractivity contribution is -0.380. The van der Waals surface area contributed by atoms with Gasteiger partial charge in [0, 0.05) is 12.6 Å². The van der Waals surface area contributed by atoms with Crippen LogP contribution < -0.4 is 0 Å². The smallest absolute Gasteiger partial charge is 0.324 e. The van der Waals surface area contributed by atoms with Gasteiger partial charge in [-0.15, -0.1) is 0 Å². The molecule has 2 heterocycles. The van der Waals surface area contributed by atoms with Gasteiger partial charge in [0.05, 0.1) is 35.5 Å². The maximum Gasteiger partial charge on any atom is 0.324 e. The molecule has 1 amide bonds. The molecule has 1 N–H and O–H groups in total. The van der Waals surface area contributed by atoms with Crippen LogP contribution in [0.5, 0.6) is 0 Å². The predicted octanol–water partition coefficient (Wildman–Crippen LogP) is 0.972. The number of amides is 1. The lowest BCUT2D eigenvalue weighted by atomic mass is 10.1. The van der Waals surface area contributed by atoms with E-state index in [4.69, 9.17) is 9.84 Å². The van der Waals surface area contributed by atoms with Crippen molar-refractivity contribution in [2.45, 2.75) is 12.5 Å². The molecule has 0 spiro atoms. The normalized spacial score (nSPS) is 18.8. The van der Waals surface area contributed by atoms with E-state index in [1.54, 1.807) is 0 Å². The minimum atomic E-state index is -1.02. The van der Waals surface area contributed by atoms with Crippen LogP contribution in [0, 0.1) is 10.1 Å². The number of morpholine rings is 1. The van der Waals surface area contributed by atoms with E-state index in [1.807, 2.05) is 0 Å². The molecular weight excluding hydrogens is 288 g/mol. The molecule has 0 aliphatic carbocycles. The van der Waals surface area contributed by atoms with Crippen molar-refractivity contribution in [2.24, 2.45) is 0 Å². The average molecular weight is 300 g/mol. The molecule has 1 saturated heterocycles.